The van der Waals surface area contributed by atoms with Crippen LogP contribution < -0.4 is 23.8 Å². The maximum absolute atomic E-state index is 12.4. The van der Waals surface area contributed by atoms with E-state index in [0.717, 1.165) is 0 Å². The molecule has 0 atom stereocenters. The average molecular weight is 242 g/mol. The number of hydrogen-bond acceptors (Lipinski definition) is 3. The van der Waals surface area contributed by atoms with Crippen molar-refractivity contribution in [1.82, 2.24) is 9.97 Å². The number of rotatable bonds is 0. The van der Waals surface area contributed by atoms with E-state index in [0.29, 0.717) is 0 Å². The van der Waals surface area contributed by atoms with E-state index >= 15 is 0 Å². The van der Waals surface area contributed by atoms with Gasteiger partial charge in [0, 0.05) is 5.82 Å². The Morgan fingerprint density at radius 1 is 1.11 bits per heavy atom. The van der Waals surface area contributed by atoms with Gasteiger partial charge in [-0.25, -0.2) is 0 Å². The van der Waals surface area contributed by atoms with Gasteiger partial charge in [0.1, 0.15) is 0 Å². The molecule has 0 aliphatic carbocycles. The first-order valence-electron chi connectivity index (χ1n) is 4.32. The molecule has 0 fully saturated rings. The summed E-state index contributed by atoms with van der Waals surface area (Å²) in [6, 6.07) is 5.91. The Balaban J connectivity index is 0.00000162. The van der Waals surface area contributed by atoms with Crippen LogP contribution in [0.25, 0.3) is 11.0 Å². The van der Waals surface area contributed by atoms with Gasteiger partial charge in [0.05, 0.1) is 23.3 Å². The zero-order valence-corrected chi connectivity index (χ0v) is 9.08. The van der Waals surface area contributed by atoms with Crippen LogP contribution in [0.2, 0.25) is 0 Å². The van der Waals surface area contributed by atoms with Gasteiger partial charge >= 0.3 is 25.0 Å². The first-order valence-corrected chi connectivity index (χ1v) is 4.32. The normalized spacial score (nSPS) is 10.5. The third-order valence-electron chi connectivity index (χ3n) is 2.08. The quantitative estimate of drug-likeness (QED) is 0.553. The fraction of sp³-hybridized carbons (Fsp3) is 0.100. The van der Waals surface area contributed by atoms with Crippen LogP contribution >= 0.6 is 0 Å². The van der Waals surface area contributed by atoms with Gasteiger partial charge in [-0.15, -0.1) is 0 Å². The van der Waals surface area contributed by atoms with Gasteiger partial charge in [-0.2, -0.15) is 23.7 Å². The number of nitrogens with zero attached hydrogens (tertiary/aromatic N) is 4. The molecule has 1 aromatic heterocycles. The molecule has 84 valence electrons. The number of nitriles is 2. The Hall–Kier alpha value is -1.94. The summed E-state index contributed by atoms with van der Waals surface area (Å²) in [5.41, 5.74) is -0.471. The molecule has 0 aliphatic rings. The number of alkyl halides is 3. The minimum Gasteiger partial charge on any atom is -0.431 e. The van der Waals surface area contributed by atoms with Crippen LogP contribution in [-0.2, 0) is 6.18 Å². The summed E-state index contributed by atoms with van der Waals surface area (Å²) >= 11 is 0. The predicted octanol–water partition coefficient (Wildman–Crippen LogP) is -1.04. The SMILES string of the molecule is N#Cc1ccc(C#N)c2[n-]c(C(F)(F)F)nc12.[Li+]. The van der Waals surface area contributed by atoms with Gasteiger partial charge < -0.3 is 9.97 Å². The molecule has 2 rings (SSSR count). The summed E-state index contributed by atoms with van der Waals surface area (Å²) in [7, 11) is 0. The molecular weight excluding hydrogens is 240 g/mol. The molecular formula is C10H2F3LiN4. The second-order valence-corrected chi connectivity index (χ2v) is 3.13. The van der Waals surface area contributed by atoms with Crippen molar-refractivity contribution < 1.29 is 32.0 Å². The van der Waals surface area contributed by atoms with Gasteiger partial charge in [-0.3, -0.25) is 0 Å². The van der Waals surface area contributed by atoms with Crippen molar-refractivity contribution in [1.29, 1.82) is 10.5 Å². The van der Waals surface area contributed by atoms with Crippen molar-refractivity contribution in [3.8, 4) is 12.1 Å². The monoisotopic (exact) mass is 242 g/mol. The van der Waals surface area contributed by atoms with Gasteiger partial charge in [0.25, 0.3) is 0 Å². The molecule has 0 bridgehead atoms. The smallest absolute Gasteiger partial charge is 0.431 e. The number of fused-ring (bicyclic) bond motifs is 1. The van der Waals surface area contributed by atoms with Gasteiger partial charge in [0.2, 0.25) is 0 Å². The number of halogens is 3. The summed E-state index contributed by atoms with van der Waals surface area (Å²) in [6.45, 7) is 0. The van der Waals surface area contributed by atoms with E-state index in [9.17, 15) is 13.2 Å². The van der Waals surface area contributed by atoms with E-state index in [2.05, 4.69) is 9.97 Å². The van der Waals surface area contributed by atoms with Crippen LogP contribution in [0.4, 0.5) is 13.2 Å². The first kappa shape index (κ1) is 14.1. The molecule has 4 nitrogen and oxygen atoms in total. The van der Waals surface area contributed by atoms with Gasteiger partial charge in [0.15, 0.2) is 0 Å². The van der Waals surface area contributed by atoms with Crippen molar-refractivity contribution in [2.75, 3.05) is 0 Å². The molecule has 0 spiro atoms. The molecule has 0 saturated heterocycles. The molecule has 1 aromatic carbocycles. The standard InChI is InChI=1S/C10H2F3N4.Li/c11-10(12,13)9-16-7-5(3-14)1-2-6(4-15)8(7)17-9;/h1-2H;/q-1;+1. The Kier molecular flexibility index (Phi) is 3.72. The van der Waals surface area contributed by atoms with Crippen molar-refractivity contribution in [3.05, 3.63) is 29.1 Å². The summed E-state index contributed by atoms with van der Waals surface area (Å²) in [5, 5.41) is 17.5. The van der Waals surface area contributed by atoms with Crippen LogP contribution in [0.5, 0.6) is 0 Å². The Morgan fingerprint density at radius 3 is 2.17 bits per heavy atom. The summed E-state index contributed by atoms with van der Waals surface area (Å²) in [5.74, 6) is -1.34. The van der Waals surface area contributed by atoms with Crippen LogP contribution in [0.15, 0.2) is 12.1 Å². The van der Waals surface area contributed by atoms with Crippen molar-refractivity contribution >= 4 is 11.0 Å². The third-order valence-corrected chi connectivity index (χ3v) is 2.08. The second kappa shape index (κ2) is 4.74. The van der Waals surface area contributed by atoms with E-state index in [1.165, 1.54) is 12.1 Å². The number of benzene rings is 1. The topological polar surface area (TPSA) is 74.6 Å². The fourth-order valence-corrected chi connectivity index (χ4v) is 1.35. The summed E-state index contributed by atoms with van der Waals surface area (Å²) in [6.07, 6.45) is -4.70. The molecule has 0 unspecified atom stereocenters. The third kappa shape index (κ3) is 2.19. The van der Waals surface area contributed by atoms with E-state index in [1.807, 2.05) is 0 Å². The first-order chi connectivity index (χ1) is 7.97. The zero-order valence-electron chi connectivity index (χ0n) is 9.08. The maximum Gasteiger partial charge on any atom is 1.00 e. The largest absolute Gasteiger partial charge is 1.00 e. The van der Waals surface area contributed by atoms with Crippen LogP contribution in [0.3, 0.4) is 0 Å². The van der Waals surface area contributed by atoms with E-state index in [-0.39, 0.29) is 41.0 Å². The Morgan fingerprint density at radius 2 is 1.67 bits per heavy atom. The summed E-state index contributed by atoms with van der Waals surface area (Å²) in [4.78, 5) is 6.51. The Labute approximate surface area is 111 Å². The molecule has 8 heteroatoms. The number of hydrogen-bond donors (Lipinski definition) is 0. The van der Waals surface area contributed by atoms with Crippen molar-refractivity contribution in [3.63, 3.8) is 0 Å². The van der Waals surface area contributed by atoms with Crippen LogP contribution in [0, 0.1) is 22.7 Å². The molecule has 0 amide bonds. The van der Waals surface area contributed by atoms with E-state index in [4.69, 9.17) is 10.5 Å². The van der Waals surface area contributed by atoms with Gasteiger partial charge in [-0.1, -0.05) is 0 Å². The molecule has 2 aromatic rings. The molecule has 0 radical (unpaired) electrons. The maximum atomic E-state index is 12.4. The number of imidazole rings is 1. The molecule has 0 N–H and O–H groups in total. The second-order valence-electron chi connectivity index (χ2n) is 3.13. The van der Waals surface area contributed by atoms with E-state index < -0.39 is 12.0 Å². The predicted molar refractivity (Wildman–Crippen MR) is 49.5 cm³/mol. The molecule has 0 aliphatic heterocycles. The summed E-state index contributed by atoms with van der Waals surface area (Å²) < 4.78 is 37.2. The molecule has 1 heterocycles. The van der Waals surface area contributed by atoms with E-state index in [1.54, 1.807) is 12.1 Å². The van der Waals surface area contributed by atoms with Gasteiger partial charge in [-0.05, 0) is 23.2 Å². The fourth-order valence-electron chi connectivity index (χ4n) is 1.35. The molecule has 18 heavy (non-hydrogen) atoms. The minimum absolute atomic E-state index is 0. The Bertz CT molecular complexity index is 624. The average Bonchev–Trinajstić information content (AvgIpc) is 2.72. The van der Waals surface area contributed by atoms with Crippen LogP contribution in [0.1, 0.15) is 17.0 Å². The zero-order chi connectivity index (χ0) is 12.6. The molecule has 0 saturated carbocycles. The van der Waals surface area contributed by atoms with Crippen molar-refractivity contribution in [2.45, 2.75) is 6.18 Å². The number of aromatic nitrogens is 2. The van der Waals surface area contributed by atoms with Crippen molar-refractivity contribution in [2.24, 2.45) is 0 Å². The van der Waals surface area contributed by atoms with Crippen LogP contribution in [-0.4, -0.2) is 4.98 Å². The minimum atomic E-state index is -4.70.